The molecule has 2 aromatic carbocycles. The molecule has 0 amide bonds. The van der Waals surface area contributed by atoms with Crippen LogP contribution in [0.25, 0.3) is 0 Å². The van der Waals surface area contributed by atoms with Gasteiger partial charge in [0, 0.05) is 64.8 Å². The molecule has 0 unspecified atom stereocenters. The smallest absolute Gasteiger partial charge is 0.187 e. The standard InChI is InChI=1S/C22H24N2O2.Cu/c1-17(15-21(25)19-9-5-3-6-10-19)23-13-14-24-18(2)16-22(26)20-11-7-4-8-12-20;/h3-12,15-16,23-24H,13-14H2,1-2H3;/b17-15-,18-16-;. The first-order valence-electron chi connectivity index (χ1n) is 8.59. The molecule has 0 aliphatic carbocycles. The van der Waals surface area contributed by atoms with E-state index in [-0.39, 0.29) is 28.6 Å². The van der Waals surface area contributed by atoms with Gasteiger partial charge < -0.3 is 10.6 Å². The second-order valence-corrected chi connectivity index (χ2v) is 5.97. The third-order valence-electron chi connectivity index (χ3n) is 3.74. The molecule has 2 rings (SSSR count). The van der Waals surface area contributed by atoms with E-state index in [4.69, 9.17) is 0 Å². The van der Waals surface area contributed by atoms with E-state index < -0.39 is 0 Å². The van der Waals surface area contributed by atoms with Crippen LogP contribution < -0.4 is 10.6 Å². The Morgan fingerprint density at radius 3 is 1.37 bits per heavy atom. The zero-order valence-corrected chi connectivity index (χ0v) is 16.4. The van der Waals surface area contributed by atoms with Gasteiger partial charge in [-0.15, -0.1) is 0 Å². The fraction of sp³-hybridized carbons (Fsp3) is 0.182. The maximum atomic E-state index is 12.1. The van der Waals surface area contributed by atoms with E-state index in [2.05, 4.69) is 10.6 Å². The Hall–Kier alpha value is -2.62. The van der Waals surface area contributed by atoms with Crippen molar-refractivity contribution in [2.24, 2.45) is 0 Å². The second-order valence-electron chi connectivity index (χ2n) is 5.97. The molecule has 145 valence electrons. The van der Waals surface area contributed by atoms with Gasteiger partial charge in [0.25, 0.3) is 0 Å². The molecule has 0 saturated carbocycles. The quantitative estimate of drug-likeness (QED) is 0.285. The van der Waals surface area contributed by atoms with E-state index >= 15 is 0 Å². The fourth-order valence-electron chi connectivity index (χ4n) is 2.39. The van der Waals surface area contributed by atoms with Crippen molar-refractivity contribution in [3.63, 3.8) is 0 Å². The summed E-state index contributed by atoms with van der Waals surface area (Å²) in [4.78, 5) is 24.1. The maximum absolute atomic E-state index is 12.1. The minimum atomic E-state index is -0.0203. The van der Waals surface area contributed by atoms with Crippen LogP contribution >= 0.6 is 0 Å². The molecule has 27 heavy (non-hydrogen) atoms. The summed E-state index contributed by atoms with van der Waals surface area (Å²) in [5.74, 6) is -0.0406. The van der Waals surface area contributed by atoms with Crippen molar-refractivity contribution in [3.8, 4) is 0 Å². The van der Waals surface area contributed by atoms with E-state index in [9.17, 15) is 9.59 Å². The third kappa shape index (κ3) is 8.07. The van der Waals surface area contributed by atoms with Crippen LogP contribution in [0.1, 0.15) is 34.6 Å². The number of rotatable bonds is 9. The first-order valence-corrected chi connectivity index (χ1v) is 8.59. The predicted octanol–water partition coefficient (Wildman–Crippen LogP) is 3.74. The van der Waals surface area contributed by atoms with Gasteiger partial charge in [-0.25, -0.2) is 0 Å². The van der Waals surface area contributed by atoms with Crippen molar-refractivity contribution < 1.29 is 26.7 Å². The topological polar surface area (TPSA) is 58.2 Å². The normalized spacial score (nSPS) is 11.3. The first kappa shape index (κ1) is 22.4. The minimum Gasteiger partial charge on any atom is -0.387 e. The van der Waals surface area contributed by atoms with Crippen molar-refractivity contribution in [2.45, 2.75) is 13.8 Å². The summed E-state index contributed by atoms with van der Waals surface area (Å²) >= 11 is 0. The Morgan fingerprint density at radius 2 is 1.04 bits per heavy atom. The fourth-order valence-corrected chi connectivity index (χ4v) is 2.39. The molecule has 0 heterocycles. The summed E-state index contributed by atoms with van der Waals surface area (Å²) in [6.07, 6.45) is 3.19. The average molecular weight is 412 g/mol. The van der Waals surface area contributed by atoms with Gasteiger partial charge in [0.05, 0.1) is 0 Å². The van der Waals surface area contributed by atoms with E-state index in [1.165, 1.54) is 0 Å². The minimum absolute atomic E-state index is 0. The number of hydrogen-bond acceptors (Lipinski definition) is 4. The molecular formula is C22H24CuN2O2. The SMILES string of the molecule is C/C(=C/C(=O)c1ccccc1)NCCN/C(C)=C\C(=O)c1ccccc1.[Cu]. The summed E-state index contributed by atoms with van der Waals surface area (Å²) < 4.78 is 0. The number of carbonyl (C=O) groups is 2. The van der Waals surface area contributed by atoms with Crippen molar-refractivity contribution in [3.05, 3.63) is 95.3 Å². The zero-order valence-electron chi connectivity index (χ0n) is 15.5. The summed E-state index contributed by atoms with van der Waals surface area (Å²) in [6.45, 7) is 5.02. The molecule has 4 nitrogen and oxygen atoms in total. The molecule has 5 heteroatoms. The van der Waals surface area contributed by atoms with Gasteiger partial charge in [0.2, 0.25) is 0 Å². The summed E-state index contributed by atoms with van der Waals surface area (Å²) in [5, 5.41) is 6.38. The monoisotopic (exact) mass is 411 g/mol. The number of carbonyl (C=O) groups excluding carboxylic acids is 2. The Balaban J connectivity index is 0.00000364. The van der Waals surface area contributed by atoms with Crippen molar-refractivity contribution in [1.29, 1.82) is 0 Å². The zero-order chi connectivity index (χ0) is 18.8. The molecule has 0 bridgehead atoms. The summed E-state index contributed by atoms with van der Waals surface area (Å²) in [5.41, 5.74) is 2.96. The van der Waals surface area contributed by atoms with Crippen molar-refractivity contribution >= 4 is 11.6 Å². The number of allylic oxidation sites excluding steroid dienone is 4. The van der Waals surface area contributed by atoms with Crippen LogP contribution in [0.5, 0.6) is 0 Å². The van der Waals surface area contributed by atoms with Crippen LogP contribution in [0.15, 0.2) is 84.2 Å². The molecule has 2 aromatic rings. The van der Waals surface area contributed by atoms with Gasteiger partial charge in [-0.3, -0.25) is 9.59 Å². The molecule has 0 fully saturated rings. The van der Waals surface area contributed by atoms with E-state index in [1.54, 1.807) is 36.4 Å². The van der Waals surface area contributed by atoms with Crippen LogP contribution in [-0.2, 0) is 17.1 Å². The average Bonchev–Trinajstić information content (AvgIpc) is 2.66. The largest absolute Gasteiger partial charge is 0.387 e. The Labute approximate surface area is 171 Å². The molecule has 2 N–H and O–H groups in total. The van der Waals surface area contributed by atoms with Gasteiger partial charge >= 0.3 is 0 Å². The van der Waals surface area contributed by atoms with Gasteiger partial charge in [-0.05, 0) is 13.8 Å². The number of ketones is 2. The maximum Gasteiger partial charge on any atom is 0.187 e. The van der Waals surface area contributed by atoms with Crippen LogP contribution in [0.3, 0.4) is 0 Å². The van der Waals surface area contributed by atoms with Gasteiger partial charge in [0.15, 0.2) is 11.6 Å². The number of nitrogens with one attached hydrogen (secondary N) is 2. The Kier molecular flexibility index (Phi) is 9.87. The van der Waals surface area contributed by atoms with Crippen LogP contribution in [0, 0.1) is 0 Å². The molecule has 0 spiro atoms. The van der Waals surface area contributed by atoms with Gasteiger partial charge in [0.1, 0.15) is 0 Å². The van der Waals surface area contributed by atoms with E-state index in [1.807, 2.05) is 50.2 Å². The van der Waals surface area contributed by atoms with Crippen molar-refractivity contribution in [1.82, 2.24) is 10.6 Å². The van der Waals surface area contributed by atoms with Crippen LogP contribution in [0.4, 0.5) is 0 Å². The van der Waals surface area contributed by atoms with Crippen LogP contribution in [-0.4, -0.2) is 24.7 Å². The summed E-state index contributed by atoms with van der Waals surface area (Å²) in [7, 11) is 0. The first-order chi connectivity index (χ1) is 12.6. The predicted molar refractivity (Wildman–Crippen MR) is 105 cm³/mol. The van der Waals surface area contributed by atoms with Gasteiger partial charge in [-0.2, -0.15) is 0 Å². The van der Waals surface area contributed by atoms with E-state index in [0.29, 0.717) is 24.2 Å². The third-order valence-corrected chi connectivity index (χ3v) is 3.74. The van der Waals surface area contributed by atoms with Crippen LogP contribution in [0.2, 0.25) is 0 Å². The molecule has 0 aromatic heterocycles. The second kappa shape index (κ2) is 11.9. The molecule has 0 aliphatic heterocycles. The number of benzene rings is 2. The van der Waals surface area contributed by atoms with Crippen molar-refractivity contribution in [2.75, 3.05) is 13.1 Å². The molecule has 0 saturated heterocycles. The molecule has 0 aliphatic rings. The molecule has 1 radical (unpaired) electrons. The van der Waals surface area contributed by atoms with E-state index in [0.717, 1.165) is 11.4 Å². The Morgan fingerprint density at radius 1 is 0.704 bits per heavy atom. The van der Waals surface area contributed by atoms with Gasteiger partial charge in [-0.1, -0.05) is 60.7 Å². The summed E-state index contributed by atoms with van der Waals surface area (Å²) in [6, 6.07) is 18.3. The number of hydrogen-bond donors (Lipinski definition) is 2. The molecule has 0 atom stereocenters. The Bertz CT molecular complexity index is 730. The molecular weight excluding hydrogens is 388 g/mol.